The van der Waals surface area contributed by atoms with Crippen molar-refractivity contribution in [3.63, 3.8) is 0 Å². The summed E-state index contributed by atoms with van der Waals surface area (Å²) >= 11 is 7.26. The SMILES string of the molecule is CCCCN(C(=O)c1ccccc1Cl)c1nnc(-c2ccc(OCCN3CCC(C(=O)O)CC3)c(C(F)(F)F)c2)s1. The molecule has 4 rings (SSSR count). The maximum atomic E-state index is 14.0. The predicted molar refractivity (Wildman–Crippen MR) is 151 cm³/mol. The molecular formula is C28H30ClF3N4O4S. The minimum absolute atomic E-state index is 0.0274. The number of halogens is 4. The molecule has 0 aliphatic carbocycles. The van der Waals surface area contributed by atoms with Gasteiger partial charge in [-0.25, -0.2) is 0 Å². The highest BCUT2D eigenvalue weighted by Gasteiger charge is 2.35. The Kier molecular flexibility index (Phi) is 10.2. The first-order valence-electron chi connectivity index (χ1n) is 13.3. The number of piperidine rings is 1. The second-order valence-electron chi connectivity index (χ2n) is 9.69. The zero-order valence-electron chi connectivity index (χ0n) is 22.4. The van der Waals surface area contributed by atoms with Crippen LogP contribution in [0.3, 0.4) is 0 Å². The van der Waals surface area contributed by atoms with Crippen molar-refractivity contribution in [2.45, 2.75) is 38.8 Å². The topological polar surface area (TPSA) is 95.9 Å². The molecule has 1 saturated heterocycles. The van der Waals surface area contributed by atoms with E-state index in [9.17, 15) is 22.8 Å². The van der Waals surface area contributed by atoms with E-state index >= 15 is 0 Å². The molecule has 1 aromatic heterocycles. The molecule has 1 N–H and O–H groups in total. The van der Waals surface area contributed by atoms with Crippen LogP contribution in [0.2, 0.25) is 5.02 Å². The quantitative estimate of drug-likeness (QED) is 0.265. The van der Waals surface area contributed by atoms with E-state index in [1.165, 1.54) is 17.0 Å². The summed E-state index contributed by atoms with van der Waals surface area (Å²) in [4.78, 5) is 27.8. The van der Waals surface area contributed by atoms with Gasteiger partial charge in [0.2, 0.25) is 5.13 Å². The number of alkyl halides is 3. The lowest BCUT2D eigenvalue weighted by atomic mass is 9.97. The van der Waals surface area contributed by atoms with Gasteiger partial charge in [-0.05, 0) is 62.7 Å². The number of carbonyl (C=O) groups is 2. The molecule has 0 spiro atoms. The number of likely N-dealkylation sites (tertiary alicyclic amines) is 1. The third kappa shape index (κ3) is 7.75. The van der Waals surface area contributed by atoms with Crippen molar-refractivity contribution in [2.24, 2.45) is 5.92 Å². The highest BCUT2D eigenvalue weighted by atomic mass is 35.5. The van der Waals surface area contributed by atoms with E-state index < -0.39 is 17.7 Å². The Morgan fingerprint density at radius 1 is 1.17 bits per heavy atom. The number of nitrogens with zero attached hydrogens (tertiary/aromatic N) is 4. The molecule has 0 unspecified atom stereocenters. The van der Waals surface area contributed by atoms with Gasteiger partial charge in [-0.3, -0.25) is 19.4 Å². The van der Waals surface area contributed by atoms with Crippen LogP contribution in [0.5, 0.6) is 5.75 Å². The number of aliphatic carboxylic acids is 1. The zero-order chi connectivity index (χ0) is 29.6. The standard InChI is InChI=1S/C28H30ClF3N4O4S/c1-2-3-12-36(25(37)20-6-4-5-7-22(20)29)27-34-33-24(41-27)19-8-9-23(21(17-19)28(30,31)32)40-16-15-35-13-10-18(11-14-35)26(38)39/h4-9,17-18H,2-3,10-16H2,1H3,(H,38,39). The maximum absolute atomic E-state index is 14.0. The largest absolute Gasteiger partial charge is 0.492 e. The number of benzene rings is 2. The number of carbonyl (C=O) groups excluding carboxylic acids is 1. The van der Waals surface area contributed by atoms with Gasteiger partial charge in [0.15, 0.2) is 0 Å². The summed E-state index contributed by atoms with van der Waals surface area (Å²) in [6.45, 7) is 3.85. The molecule has 1 aliphatic heterocycles. The van der Waals surface area contributed by atoms with E-state index in [1.54, 1.807) is 24.3 Å². The number of rotatable bonds is 11. The van der Waals surface area contributed by atoms with E-state index in [-0.39, 0.29) is 39.9 Å². The molecule has 3 aromatic rings. The number of anilines is 1. The average Bonchev–Trinajstić information content (AvgIpc) is 3.43. The average molecular weight is 611 g/mol. The first-order valence-corrected chi connectivity index (χ1v) is 14.5. The number of amides is 1. The van der Waals surface area contributed by atoms with Crippen molar-refractivity contribution < 1.29 is 32.6 Å². The van der Waals surface area contributed by atoms with E-state index in [0.717, 1.165) is 23.8 Å². The monoisotopic (exact) mass is 610 g/mol. The summed E-state index contributed by atoms with van der Waals surface area (Å²) in [5.41, 5.74) is -0.440. The summed E-state index contributed by atoms with van der Waals surface area (Å²) in [7, 11) is 0. The molecule has 0 radical (unpaired) electrons. The molecule has 41 heavy (non-hydrogen) atoms. The summed E-state index contributed by atoms with van der Waals surface area (Å²) in [6.07, 6.45) is -2.17. The van der Waals surface area contributed by atoms with Crippen molar-refractivity contribution in [3.05, 3.63) is 58.6 Å². The van der Waals surface area contributed by atoms with Gasteiger partial charge in [0.25, 0.3) is 5.91 Å². The molecular weight excluding hydrogens is 581 g/mol. The predicted octanol–water partition coefficient (Wildman–Crippen LogP) is 6.50. The van der Waals surface area contributed by atoms with Crippen LogP contribution < -0.4 is 9.64 Å². The third-order valence-corrected chi connectivity index (χ3v) is 8.19. The molecule has 1 fully saturated rings. The van der Waals surface area contributed by atoms with Crippen LogP contribution in [-0.4, -0.2) is 64.9 Å². The van der Waals surface area contributed by atoms with E-state index in [1.807, 2.05) is 11.8 Å². The van der Waals surface area contributed by atoms with Gasteiger partial charge in [-0.15, -0.1) is 10.2 Å². The lowest BCUT2D eigenvalue weighted by Crippen LogP contribution is -2.38. The van der Waals surface area contributed by atoms with Gasteiger partial charge < -0.3 is 9.84 Å². The summed E-state index contributed by atoms with van der Waals surface area (Å²) in [6, 6.07) is 10.4. The molecule has 0 bridgehead atoms. The lowest BCUT2D eigenvalue weighted by molar-refractivity contribution is -0.143. The van der Waals surface area contributed by atoms with Gasteiger partial charge >= 0.3 is 12.1 Å². The maximum Gasteiger partial charge on any atom is 0.419 e. The van der Waals surface area contributed by atoms with Gasteiger partial charge in [0.05, 0.1) is 22.1 Å². The molecule has 0 saturated carbocycles. The summed E-state index contributed by atoms with van der Waals surface area (Å²) < 4.78 is 47.5. The van der Waals surface area contributed by atoms with Crippen LogP contribution in [0.15, 0.2) is 42.5 Å². The Bertz CT molecular complexity index is 1360. The van der Waals surface area contributed by atoms with E-state index in [4.69, 9.17) is 21.4 Å². The van der Waals surface area contributed by atoms with Crippen LogP contribution in [-0.2, 0) is 11.0 Å². The summed E-state index contributed by atoms with van der Waals surface area (Å²) in [5.74, 6) is -1.87. The molecule has 8 nitrogen and oxygen atoms in total. The minimum atomic E-state index is -4.67. The van der Waals surface area contributed by atoms with Crippen molar-refractivity contribution in [2.75, 3.05) is 37.7 Å². The Morgan fingerprint density at radius 2 is 1.90 bits per heavy atom. The minimum Gasteiger partial charge on any atom is -0.492 e. The van der Waals surface area contributed by atoms with Crippen LogP contribution in [0, 0.1) is 5.92 Å². The number of aromatic nitrogens is 2. The molecule has 2 aromatic carbocycles. The Hall–Kier alpha value is -3.22. The fraction of sp³-hybridized carbons (Fsp3) is 0.429. The van der Waals surface area contributed by atoms with Gasteiger partial charge in [0, 0.05) is 18.7 Å². The second-order valence-corrected chi connectivity index (χ2v) is 11.1. The number of carboxylic acids is 1. The first-order chi connectivity index (χ1) is 19.6. The van der Waals surface area contributed by atoms with E-state index in [2.05, 4.69) is 10.2 Å². The van der Waals surface area contributed by atoms with Crippen molar-refractivity contribution in [1.82, 2.24) is 15.1 Å². The first kappa shape index (κ1) is 30.7. The van der Waals surface area contributed by atoms with Crippen LogP contribution in [0.1, 0.15) is 48.5 Å². The van der Waals surface area contributed by atoms with Crippen molar-refractivity contribution in [1.29, 1.82) is 0 Å². The number of unbranched alkanes of at least 4 members (excludes halogenated alkanes) is 1. The smallest absolute Gasteiger partial charge is 0.419 e. The van der Waals surface area contributed by atoms with Crippen molar-refractivity contribution >= 4 is 39.9 Å². The Balaban J connectivity index is 1.50. The number of ether oxygens (including phenoxy) is 1. The van der Waals surface area contributed by atoms with Gasteiger partial charge in [0.1, 0.15) is 17.4 Å². The number of carboxylic acid groups (broad SMARTS) is 1. The van der Waals surface area contributed by atoms with Crippen molar-refractivity contribution in [3.8, 4) is 16.3 Å². The molecule has 1 amide bonds. The number of hydrogen-bond donors (Lipinski definition) is 1. The molecule has 220 valence electrons. The highest BCUT2D eigenvalue weighted by molar-refractivity contribution is 7.18. The normalized spacial score (nSPS) is 14.7. The highest BCUT2D eigenvalue weighted by Crippen LogP contribution is 2.40. The van der Waals surface area contributed by atoms with Gasteiger partial charge in [-0.1, -0.05) is 48.4 Å². The molecule has 2 heterocycles. The number of hydrogen-bond acceptors (Lipinski definition) is 7. The zero-order valence-corrected chi connectivity index (χ0v) is 23.9. The third-order valence-electron chi connectivity index (χ3n) is 6.86. The Labute approximate surface area is 244 Å². The van der Waals surface area contributed by atoms with Crippen LogP contribution in [0.4, 0.5) is 18.3 Å². The summed E-state index contributed by atoms with van der Waals surface area (Å²) in [5, 5.41) is 18.1. The fourth-order valence-electron chi connectivity index (χ4n) is 4.52. The fourth-order valence-corrected chi connectivity index (χ4v) is 5.60. The van der Waals surface area contributed by atoms with E-state index in [0.29, 0.717) is 56.0 Å². The molecule has 1 aliphatic rings. The lowest BCUT2D eigenvalue weighted by Gasteiger charge is -2.29. The van der Waals surface area contributed by atoms with Crippen LogP contribution in [0.25, 0.3) is 10.6 Å². The van der Waals surface area contributed by atoms with Gasteiger partial charge in [-0.2, -0.15) is 13.2 Å². The molecule has 0 atom stereocenters. The second kappa shape index (κ2) is 13.6. The van der Waals surface area contributed by atoms with Crippen LogP contribution >= 0.6 is 22.9 Å². The Morgan fingerprint density at radius 3 is 2.56 bits per heavy atom. The molecule has 13 heteroatoms.